The van der Waals surface area contributed by atoms with Crippen LogP contribution in [0.2, 0.25) is 0 Å². The van der Waals surface area contributed by atoms with Gasteiger partial charge in [-0.3, -0.25) is 9.59 Å². The third-order valence-corrected chi connectivity index (χ3v) is 5.38. The van der Waals surface area contributed by atoms with Crippen molar-refractivity contribution in [3.8, 4) is 11.5 Å². The van der Waals surface area contributed by atoms with Crippen molar-refractivity contribution in [2.24, 2.45) is 11.8 Å². The lowest BCUT2D eigenvalue weighted by molar-refractivity contribution is -0.148. The van der Waals surface area contributed by atoms with Crippen LogP contribution in [0.25, 0.3) is 0 Å². The van der Waals surface area contributed by atoms with Crippen LogP contribution in [-0.2, 0) is 16.0 Å². The number of carbonyl (C=O) groups excluding carboxylic acids is 1. The summed E-state index contributed by atoms with van der Waals surface area (Å²) in [6.45, 7) is 2.51. The molecule has 0 spiro atoms. The molecule has 1 aliphatic rings. The van der Waals surface area contributed by atoms with Crippen LogP contribution in [0.3, 0.4) is 0 Å². The predicted octanol–water partition coefficient (Wildman–Crippen LogP) is 4.34. The van der Waals surface area contributed by atoms with Gasteiger partial charge in [-0.25, -0.2) is 0 Å². The average molecular weight is 381 g/mol. The Labute approximate surface area is 165 Å². The Balaban J connectivity index is 1.49. The molecule has 2 atom stereocenters. The molecule has 0 radical (unpaired) electrons. The smallest absolute Gasteiger partial charge is 0.307 e. The topological polar surface area (TPSA) is 75.6 Å². The molecule has 1 saturated carbocycles. The molecule has 0 bridgehead atoms. The van der Waals surface area contributed by atoms with Crippen LogP contribution in [0.1, 0.15) is 36.8 Å². The lowest BCUT2D eigenvalue weighted by Crippen LogP contribution is -2.40. The molecule has 0 saturated heterocycles. The zero-order chi connectivity index (χ0) is 19.9. The molecule has 28 heavy (non-hydrogen) atoms. The first-order valence-corrected chi connectivity index (χ1v) is 9.87. The zero-order valence-electron chi connectivity index (χ0n) is 16.2. The summed E-state index contributed by atoms with van der Waals surface area (Å²) in [5.41, 5.74) is 2.17. The summed E-state index contributed by atoms with van der Waals surface area (Å²) < 4.78 is 5.90. The van der Waals surface area contributed by atoms with Gasteiger partial charge in [0.2, 0.25) is 5.91 Å². The Kier molecular flexibility index (Phi) is 6.69. The molecule has 2 aromatic carbocycles. The normalized spacial score (nSPS) is 19.0. The lowest BCUT2D eigenvalue weighted by Gasteiger charge is -2.27. The number of carboxylic acids is 1. The summed E-state index contributed by atoms with van der Waals surface area (Å²) >= 11 is 0. The van der Waals surface area contributed by atoms with Crippen molar-refractivity contribution in [3.63, 3.8) is 0 Å². The van der Waals surface area contributed by atoms with Crippen molar-refractivity contribution in [2.75, 3.05) is 6.54 Å². The number of aliphatic carboxylic acids is 1. The minimum Gasteiger partial charge on any atom is -0.481 e. The Morgan fingerprint density at radius 2 is 1.71 bits per heavy atom. The fraction of sp³-hybridized carbons (Fsp3) is 0.391. The highest BCUT2D eigenvalue weighted by atomic mass is 16.5. The first-order chi connectivity index (χ1) is 13.5. The van der Waals surface area contributed by atoms with Crippen LogP contribution in [0.15, 0.2) is 48.5 Å². The third-order valence-electron chi connectivity index (χ3n) is 5.38. The van der Waals surface area contributed by atoms with Crippen molar-refractivity contribution in [1.82, 2.24) is 5.32 Å². The van der Waals surface area contributed by atoms with Gasteiger partial charge in [-0.05, 0) is 55.5 Å². The Morgan fingerprint density at radius 3 is 2.39 bits per heavy atom. The van der Waals surface area contributed by atoms with Crippen molar-refractivity contribution in [2.45, 2.75) is 39.0 Å². The van der Waals surface area contributed by atoms with Gasteiger partial charge in [0.25, 0.3) is 0 Å². The van der Waals surface area contributed by atoms with Crippen LogP contribution < -0.4 is 10.1 Å². The van der Waals surface area contributed by atoms with E-state index < -0.39 is 17.8 Å². The number of amides is 1. The molecule has 1 fully saturated rings. The number of hydrogen-bond acceptors (Lipinski definition) is 3. The number of para-hydroxylation sites is 1. The van der Waals surface area contributed by atoms with Crippen LogP contribution in [0.4, 0.5) is 0 Å². The third kappa shape index (κ3) is 5.12. The van der Waals surface area contributed by atoms with E-state index in [0.29, 0.717) is 25.8 Å². The maximum absolute atomic E-state index is 12.4. The molecule has 5 heteroatoms. The monoisotopic (exact) mass is 381 g/mol. The first kappa shape index (κ1) is 19.9. The van der Waals surface area contributed by atoms with Gasteiger partial charge in [0.15, 0.2) is 0 Å². The second-order valence-corrected chi connectivity index (χ2v) is 7.39. The summed E-state index contributed by atoms with van der Waals surface area (Å²) in [6, 6.07) is 15.7. The largest absolute Gasteiger partial charge is 0.481 e. The van der Waals surface area contributed by atoms with Crippen molar-refractivity contribution in [3.05, 3.63) is 59.7 Å². The lowest BCUT2D eigenvalue weighted by atomic mass is 9.78. The van der Waals surface area contributed by atoms with Gasteiger partial charge in [0.1, 0.15) is 11.5 Å². The van der Waals surface area contributed by atoms with Gasteiger partial charge in [0.05, 0.1) is 11.8 Å². The fourth-order valence-electron chi connectivity index (χ4n) is 3.72. The molecule has 0 aromatic heterocycles. The number of aryl methyl sites for hydroxylation is 1. The molecule has 2 aromatic rings. The molecule has 0 aliphatic heterocycles. The Morgan fingerprint density at radius 1 is 1.04 bits per heavy atom. The van der Waals surface area contributed by atoms with Crippen LogP contribution in [-0.4, -0.2) is 23.5 Å². The Hall–Kier alpha value is -2.82. The van der Waals surface area contributed by atoms with E-state index in [1.807, 2.05) is 55.5 Å². The van der Waals surface area contributed by atoms with E-state index in [-0.39, 0.29) is 5.91 Å². The van der Waals surface area contributed by atoms with Gasteiger partial charge in [-0.1, -0.05) is 43.2 Å². The minimum absolute atomic E-state index is 0.133. The van der Waals surface area contributed by atoms with Gasteiger partial charge >= 0.3 is 5.97 Å². The maximum Gasteiger partial charge on any atom is 0.307 e. The standard InChI is InChI=1S/C23H27NO4/c1-16-6-2-5-9-21(16)28-18-12-10-17(11-13-18)14-15-24-22(25)19-7-3-4-8-20(19)23(26)27/h2,5-6,9-13,19-20H,3-4,7-8,14-15H2,1H3,(H,24,25)(H,26,27). The van der Waals surface area contributed by atoms with E-state index >= 15 is 0 Å². The van der Waals surface area contributed by atoms with E-state index in [9.17, 15) is 14.7 Å². The maximum atomic E-state index is 12.4. The second-order valence-electron chi connectivity index (χ2n) is 7.39. The summed E-state index contributed by atoms with van der Waals surface area (Å²) in [5, 5.41) is 12.2. The molecule has 2 N–H and O–H groups in total. The highest BCUT2D eigenvalue weighted by molar-refractivity contribution is 5.84. The molecule has 0 heterocycles. The predicted molar refractivity (Wildman–Crippen MR) is 107 cm³/mol. The summed E-state index contributed by atoms with van der Waals surface area (Å²) in [7, 11) is 0. The number of rotatable bonds is 7. The van der Waals surface area contributed by atoms with Crippen LogP contribution in [0.5, 0.6) is 11.5 Å². The van der Waals surface area contributed by atoms with E-state index in [1.165, 1.54) is 0 Å². The highest BCUT2D eigenvalue weighted by Crippen LogP contribution is 2.30. The van der Waals surface area contributed by atoms with E-state index in [1.54, 1.807) is 0 Å². The molecular formula is C23H27NO4. The summed E-state index contributed by atoms with van der Waals surface area (Å²) in [6.07, 6.45) is 3.76. The number of nitrogens with one attached hydrogen (secondary N) is 1. The number of carbonyl (C=O) groups is 2. The SMILES string of the molecule is Cc1ccccc1Oc1ccc(CCNC(=O)C2CCCCC2C(=O)O)cc1. The van der Waals surface area contributed by atoms with Gasteiger partial charge in [0, 0.05) is 6.54 Å². The van der Waals surface area contributed by atoms with Crippen LogP contribution in [0, 0.1) is 18.8 Å². The highest BCUT2D eigenvalue weighted by Gasteiger charge is 2.35. The van der Waals surface area contributed by atoms with Gasteiger partial charge < -0.3 is 15.2 Å². The van der Waals surface area contributed by atoms with Crippen LogP contribution >= 0.6 is 0 Å². The van der Waals surface area contributed by atoms with Gasteiger partial charge in [-0.2, -0.15) is 0 Å². The molecule has 1 amide bonds. The van der Waals surface area contributed by atoms with E-state index in [4.69, 9.17) is 4.74 Å². The summed E-state index contributed by atoms with van der Waals surface area (Å²) in [4.78, 5) is 23.8. The Bertz CT molecular complexity index is 816. The first-order valence-electron chi connectivity index (χ1n) is 9.87. The van der Waals surface area contributed by atoms with Crippen molar-refractivity contribution in [1.29, 1.82) is 0 Å². The van der Waals surface area contributed by atoms with Crippen molar-refractivity contribution < 1.29 is 19.4 Å². The zero-order valence-corrected chi connectivity index (χ0v) is 16.2. The quantitative estimate of drug-likeness (QED) is 0.748. The fourth-order valence-corrected chi connectivity index (χ4v) is 3.72. The molecule has 3 rings (SSSR count). The molecular weight excluding hydrogens is 354 g/mol. The van der Waals surface area contributed by atoms with Crippen molar-refractivity contribution >= 4 is 11.9 Å². The van der Waals surface area contributed by atoms with E-state index in [0.717, 1.165) is 35.5 Å². The summed E-state index contributed by atoms with van der Waals surface area (Å²) in [5.74, 6) is -0.338. The number of ether oxygens (including phenoxy) is 1. The number of carboxylic acid groups (broad SMARTS) is 1. The average Bonchev–Trinajstić information content (AvgIpc) is 2.71. The number of hydrogen-bond donors (Lipinski definition) is 2. The molecule has 5 nitrogen and oxygen atoms in total. The number of benzene rings is 2. The van der Waals surface area contributed by atoms with E-state index in [2.05, 4.69) is 5.32 Å². The molecule has 148 valence electrons. The molecule has 2 unspecified atom stereocenters. The second kappa shape index (κ2) is 9.40. The minimum atomic E-state index is -0.857. The van der Waals surface area contributed by atoms with Gasteiger partial charge in [-0.15, -0.1) is 0 Å². The molecule has 1 aliphatic carbocycles.